The van der Waals surface area contributed by atoms with Crippen LogP contribution in [0.4, 0.5) is 0 Å². The van der Waals surface area contributed by atoms with Gasteiger partial charge in [-0.1, -0.05) is 24.3 Å². The van der Waals surface area contributed by atoms with Crippen LogP contribution in [0, 0.1) is 5.92 Å². The quantitative estimate of drug-likeness (QED) is 0.345. The lowest BCUT2D eigenvalue weighted by atomic mass is 9.80. The molecule has 3 atom stereocenters. The minimum Gasteiger partial charge on any atom is -0.386 e. The lowest BCUT2D eigenvalue weighted by molar-refractivity contribution is 0.0444. The molecule has 0 bridgehead atoms. The molecule has 0 spiro atoms. The first-order valence-electron chi connectivity index (χ1n) is 7.59. The van der Waals surface area contributed by atoms with Crippen molar-refractivity contribution in [3.63, 3.8) is 0 Å². The molecule has 1 saturated heterocycles. The van der Waals surface area contributed by atoms with Crippen LogP contribution in [0.1, 0.15) is 53.8 Å². The van der Waals surface area contributed by atoms with Crippen LogP contribution in [0.15, 0.2) is 36.4 Å². The molecule has 0 amide bonds. The Balaban J connectivity index is 0.000000131. The number of allylic oxidation sites excluding steroid dienone is 1. The van der Waals surface area contributed by atoms with E-state index in [1.54, 1.807) is 24.3 Å². The van der Waals surface area contributed by atoms with Gasteiger partial charge in [0.2, 0.25) is 0 Å². The molecule has 2 aliphatic heterocycles. The van der Waals surface area contributed by atoms with Crippen molar-refractivity contribution < 1.29 is 19.1 Å². The van der Waals surface area contributed by atoms with Gasteiger partial charge in [0.1, 0.15) is 0 Å². The molecule has 2 fully saturated rings. The number of carbonyl (C=O) groups excluding carboxylic acids is 2. The molecule has 2 unspecified atom stereocenters. The number of hydrogen-bond acceptors (Lipinski definition) is 4. The third-order valence-corrected chi connectivity index (χ3v) is 4.77. The second-order valence-electron chi connectivity index (χ2n) is 6.46. The molecule has 1 aromatic rings. The van der Waals surface area contributed by atoms with Gasteiger partial charge in [-0.2, -0.15) is 0 Å². The number of ether oxygens (including phenoxy) is 2. The van der Waals surface area contributed by atoms with Crippen LogP contribution in [0.3, 0.4) is 0 Å². The third-order valence-electron chi connectivity index (χ3n) is 4.77. The second kappa shape index (κ2) is 5.36. The Bertz CT molecular complexity index is 615. The van der Waals surface area contributed by atoms with E-state index in [0.717, 1.165) is 5.92 Å². The van der Waals surface area contributed by atoms with Crippen LogP contribution in [0.5, 0.6) is 0 Å². The van der Waals surface area contributed by atoms with Crippen LogP contribution < -0.4 is 0 Å². The van der Waals surface area contributed by atoms with E-state index in [4.69, 9.17) is 4.74 Å². The Morgan fingerprint density at radius 1 is 1.23 bits per heavy atom. The maximum atomic E-state index is 10.8. The SMILES string of the molecule is C=C(C)[C@@H]1CCC2(C)OC2C1.O=C1OC(=O)c2ccccc21. The van der Waals surface area contributed by atoms with Crippen LogP contribution in [0.25, 0.3) is 0 Å². The molecule has 0 N–H and O–H groups in total. The van der Waals surface area contributed by atoms with Gasteiger partial charge in [0.05, 0.1) is 22.8 Å². The lowest BCUT2D eigenvalue weighted by Gasteiger charge is -2.22. The first-order chi connectivity index (χ1) is 10.4. The average molecular weight is 300 g/mol. The van der Waals surface area contributed by atoms with E-state index in [9.17, 15) is 9.59 Å². The topological polar surface area (TPSA) is 55.9 Å². The predicted octanol–water partition coefficient (Wildman–Crippen LogP) is 3.52. The van der Waals surface area contributed by atoms with Crippen LogP contribution >= 0.6 is 0 Å². The van der Waals surface area contributed by atoms with Crippen LogP contribution in [0.2, 0.25) is 0 Å². The van der Waals surface area contributed by atoms with Gasteiger partial charge < -0.3 is 9.47 Å². The van der Waals surface area contributed by atoms with Gasteiger partial charge >= 0.3 is 11.9 Å². The van der Waals surface area contributed by atoms with E-state index < -0.39 is 11.9 Å². The summed E-state index contributed by atoms with van der Waals surface area (Å²) in [6.07, 6.45) is 4.28. The molecule has 4 heteroatoms. The highest BCUT2D eigenvalue weighted by molar-refractivity contribution is 6.14. The van der Waals surface area contributed by atoms with Crippen molar-refractivity contribution in [2.75, 3.05) is 0 Å². The molecule has 0 aromatic heterocycles. The van der Waals surface area contributed by atoms with Gasteiger partial charge in [0, 0.05) is 0 Å². The number of benzene rings is 1. The van der Waals surface area contributed by atoms with Crippen molar-refractivity contribution >= 4 is 11.9 Å². The molecule has 1 aliphatic carbocycles. The molecule has 3 aliphatic rings. The summed E-state index contributed by atoms with van der Waals surface area (Å²) in [6, 6.07) is 6.53. The zero-order chi connectivity index (χ0) is 15.9. The highest BCUT2D eigenvalue weighted by Gasteiger charge is 2.55. The zero-order valence-corrected chi connectivity index (χ0v) is 12.9. The summed E-state index contributed by atoms with van der Waals surface area (Å²) < 4.78 is 9.96. The molecule has 2 heterocycles. The van der Waals surface area contributed by atoms with Crippen molar-refractivity contribution in [1.29, 1.82) is 0 Å². The summed E-state index contributed by atoms with van der Waals surface area (Å²) >= 11 is 0. The van der Waals surface area contributed by atoms with Gasteiger partial charge in [0.15, 0.2) is 0 Å². The maximum absolute atomic E-state index is 10.8. The molecule has 0 radical (unpaired) electrons. The Labute approximate surface area is 130 Å². The van der Waals surface area contributed by atoms with Crippen molar-refractivity contribution in [3.05, 3.63) is 47.5 Å². The number of esters is 2. The Morgan fingerprint density at radius 2 is 1.82 bits per heavy atom. The fourth-order valence-corrected chi connectivity index (χ4v) is 3.13. The van der Waals surface area contributed by atoms with E-state index in [1.807, 2.05) is 0 Å². The summed E-state index contributed by atoms with van der Waals surface area (Å²) in [4.78, 5) is 21.7. The van der Waals surface area contributed by atoms with E-state index >= 15 is 0 Å². The average Bonchev–Trinajstić information content (AvgIpc) is 3.09. The highest BCUT2D eigenvalue weighted by Crippen LogP contribution is 2.50. The molecule has 22 heavy (non-hydrogen) atoms. The fourth-order valence-electron chi connectivity index (χ4n) is 3.13. The van der Waals surface area contributed by atoms with Crippen LogP contribution in [-0.4, -0.2) is 23.6 Å². The van der Waals surface area contributed by atoms with E-state index in [0.29, 0.717) is 17.2 Å². The van der Waals surface area contributed by atoms with Gasteiger partial charge in [-0.3, -0.25) is 0 Å². The number of hydrogen-bond donors (Lipinski definition) is 0. The van der Waals surface area contributed by atoms with E-state index in [1.165, 1.54) is 24.8 Å². The monoisotopic (exact) mass is 300 g/mol. The first-order valence-corrected chi connectivity index (χ1v) is 7.59. The minimum absolute atomic E-state index is 0.270. The summed E-state index contributed by atoms with van der Waals surface area (Å²) in [5.74, 6) is -0.369. The fraction of sp³-hybridized carbons (Fsp3) is 0.444. The van der Waals surface area contributed by atoms with Crippen LogP contribution in [-0.2, 0) is 9.47 Å². The predicted molar refractivity (Wildman–Crippen MR) is 81.6 cm³/mol. The van der Waals surface area contributed by atoms with E-state index in [2.05, 4.69) is 25.2 Å². The van der Waals surface area contributed by atoms with Crippen molar-refractivity contribution in [2.24, 2.45) is 5.92 Å². The molecule has 4 rings (SSSR count). The first kappa shape index (κ1) is 15.0. The van der Waals surface area contributed by atoms with Gasteiger partial charge in [-0.15, -0.1) is 0 Å². The third kappa shape index (κ3) is 2.71. The zero-order valence-electron chi connectivity index (χ0n) is 12.9. The normalized spacial score (nSPS) is 31.4. The van der Waals surface area contributed by atoms with Crippen molar-refractivity contribution in [3.8, 4) is 0 Å². The molecule has 4 nitrogen and oxygen atoms in total. The molecule has 1 aromatic carbocycles. The van der Waals surface area contributed by atoms with E-state index in [-0.39, 0.29) is 5.60 Å². The molecule has 116 valence electrons. The van der Waals surface area contributed by atoms with Gasteiger partial charge in [-0.05, 0) is 51.2 Å². The number of fused-ring (bicyclic) bond motifs is 2. The summed E-state index contributed by atoms with van der Waals surface area (Å²) in [5.41, 5.74) is 2.32. The highest BCUT2D eigenvalue weighted by atomic mass is 16.6. The van der Waals surface area contributed by atoms with Gasteiger partial charge in [0.25, 0.3) is 0 Å². The summed E-state index contributed by atoms with van der Waals surface area (Å²) in [6.45, 7) is 8.36. The maximum Gasteiger partial charge on any atom is 0.346 e. The molecular weight excluding hydrogens is 280 g/mol. The molecular formula is C18H20O4. The summed E-state index contributed by atoms with van der Waals surface area (Å²) in [7, 11) is 0. The Kier molecular flexibility index (Phi) is 3.65. The number of rotatable bonds is 1. The lowest BCUT2D eigenvalue weighted by Crippen LogP contribution is -2.21. The van der Waals surface area contributed by atoms with Gasteiger partial charge in [-0.25, -0.2) is 9.59 Å². The largest absolute Gasteiger partial charge is 0.386 e. The van der Waals surface area contributed by atoms with Crippen molar-refractivity contribution in [2.45, 2.75) is 44.8 Å². The molecule has 1 saturated carbocycles. The number of carbonyl (C=O) groups is 2. The number of cyclic esters (lactones) is 2. The smallest absolute Gasteiger partial charge is 0.346 e. The Hall–Kier alpha value is -1.94. The number of epoxide rings is 1. The Morgan fingerprint density at radius 3 is 2.32 bits per heavy atom. The minimum atomic E-state index is -0.550. The second-order valence-corrected chi connectivity index (χ2v) is 6.46. The standard InChI is InChI=1S/C10H16O.C8H4O3/c1-7(2)8-4-5-10(3)9(6-8)11-10;9-7-5-3-1-2-4-6(5)8(10)11-7/h8-9H,1,4-6H2,2-3H3;1-4H/t8-,9?,10?;/m1./s1. The summed E-state index contributed by atoms with van der Waals surface area (Å²) in [5, 5.41) is 0. The van der Waals surface area contributed by atoms with Crippen molar-refractivity contribution in [1.82, 2.24) is 0 Å².